The van der Waals surface area contributed by atoms with Crippen LogP contribution in [0.25, 0.3) is 0 Å². The Labute approximate surface area is 102 Å². The molecule has 0 aliphatic heterocycles. The van der Waals surface area contributed by atoms with Crippen molar-refractivity contribution in [3.05, 3.63) is 59.2 Å². The molecule has 1 heterocycles. The Balaban J connectivity index is 2.40. The van der Waals surface area contributed by atoms with Crippen LogP contribution in [0.15, 0.2) is 36.7 Å². The number of hydrogen-bond acceptors (Lipinski definition) is 3. The molecular weight excluding hydrogens is 210 g/mol. The van der Waals surface area contributed by atoms with Gasteiger partial charge in [-0.2, -0.15) is 0 Å². The third-order valence-electron chi connectivity index (χ3n) is 2.85. The second-order valence-electron chi connectivity index (χ2n) is 4.20. The quantitative estimate of drug-likeness (QED) is 0.875. The zero-order valence-electron chi connectivity index (χ0n) is 10.4. The Bertz CT molecular complexity index is 491. The summed E-state index contributed by atoms with van der Waals surface area (Å²) in [6, 6.07) is 8.35. The van der Waals surface area contributed by atoms with E-state index >= 15 is 0 Å². The fourth-order valence-electron chi connectivity index (χ4n) is 1.89. The van der Waals surface area contributed by atoms with Gasteiger partial charge in [-0.05, 0) is 37.6 Å². The molecule has 0 bridgehead atoms. The third kappa shape index (κ3) is 2.50. The minimum Gasteiger partial charge on any atom is -0.307 e. The summed E-state index contributed by atoms with van der Waals surface area (Å²) in [6.07, 6.45) is 3.70. The molecule has 1 unspecified atom stereocenters. The molecule has 2 aromatic rings. The molecule has 2 rings (SSSR count). The number of aromatic nitrogens is 2. The highest BCUT2D eigenvalue weighted by molar-refractivity contribution is 5.32. The van der Waals surface area contributed by atoms with E-state index in [1.807, 2.05) is 38.5 Å². The van der Waals surface area contributed by atoms with Crippen LogP contribution in [0.3, 0.4) is 0 Å². The Hall–Kier alpha value is -1.74. The predicted octanol–water partition coefficient (Wildman–Crippen LogP) is 2.40. The van der Waals surface area contributed by atoms with E-state index in [4.69, 9.17) is 0 Å². The second-order valence-corrected chi connectivity index (χ2v) is 4.20. The van der Waals surface area contributed by atoms with Crippen LogP contribution in [0, 0.1) is 13.8 Å². The van der Waals surface area contributed by atoms with Crippen molar-refractivity contribution < 1.29 is 0 Å². The standard InChI is InChI=1S/C14H17N3/c1-10-8-16-14(17-9-10)13(15-3)12-7-5-4-6-11(12)2/h4-9,13,15H,1-3H3. The molecule has 88 valence electrons. The summed E-state index contributed by atoms with van der Waals surface area (Å²) < 4.78 is 0. The van der Waals surface area contributed by atoms with Crippen molar-refractivity contribution in [2.75, 3.05) is 7.05 Å². The number of nitrogens with zero attached hydrogens (tertiary/aromatic N) is 2. The van der Waals surface area contributed by atoms with Gasteiger partial charge in [0.15, 0.2) is 0 Å². The number of rotatable bonds is 3. The summed E-state index contributed by atoms with van der Waals surface area (Å²) in [4.78, 5) is 8.79. The Morgan fingerprint density at radius 2 is 1.71 bits per heavy atom. The molecule has 1 aromatic carbocycles. The Kier molecular flexibility index (Phi) is 3.49. The summed E-state index contributed by atoms with van der Waals surface area (Å²) in [5, 5.41) is 3.27. The number of benzene rings is 1. The first-order valence-electron chi connectivity index (χ1n) is 5.73. The molecule has 0 saturated heterocycles. The van der Waals surface area contributed by atoms with E-state index in [9.17, 15) is 0 Å². The van der Waals surface area contributed by atoms with E-state index in [2.05, 4.69) is 34.3 Å². The molecular formula is C14H17N3. The van der Waals surface area contributed by atoms with Crippen molar-refractivity contribution in [1.29, 1.82) is 0 Å². The van der Waals surface area contributed by atoms with Gasteiger partial charge in [0.2, 0.25) is 0 Å². The molecule has 17 heavy (non-hydrogen) atoms. The van der Waals surface area contributed by atoms with Gasteiger partial charge in [0, 0.05) is 12.4 Å². The van der Waals surface area contributed by atoms with Crippen LogP contribution in [0.2, 0.25) is 0 Å². The van der Waals surface area contributed by atoms with Crippen LogP contribution in [0.5, 0.6) is 0 Å². The van der Waals surface area contributed by atoms with Gasteiger partial charge in [-0.1, -0.05) is 24.3 Å². The van der Waals surface area contributed by atoms with E-state index in [1.54, 1.807) is 0 Å². The van der Waals surface area contributed by atoms with Gasteiger partial charge in [-0.3, -0.25) is 0 Å². The lowest BCUT2D eigenvalue weighted by Crippen LogP contribution is -2.21. The zero-order chi connectivity index (χ0) is 12.3. The lowest BCUT2D eigenvalue weighted by atomic mass is 10.0. The van der Waals surface area contributed by atoms with Crippen LogP contribution < -0.4 is 5.32 Å². The van der Waals surface area contributed by atoms with E-state index in [-0.39, 0.29) is 6.04 Å². The minimum absolute atomic E-state index is 0.0526. The molecule has 0 fully saturated rings. The monoisotopic (exact) mass is 227 g/mol. The fourth-order valence-corrected chi connectivity index (χ4v) is 1.89. The zero-order valence-corrected chi connectivity index (χ0v) is 10.4. The van der Waals surface area contributed by atoms with Crippen LogP contribution >= 0.6 is 0 Å². The average molecular weight is 227 g/mol. The first-order valence-corrected chi connectivity index (χ1v) is 5.73. The van der Waals surface area contributed by atoms with Gasteiger partial charge in [0.1, 0.15) is 5.82 Å². The van der Waals surface area contributed by atoms with Crippen LogP contribution in [0.1, 0.15) is 28.6 Å². The largest absolute Gasteiger partial charge is 0.307 e. The lowest BCUT2D eigenvalue weighted by Gasteiger charge is -2.17. The van der Waals surface area contributed by atoms with E-state index in [1.165, 1.54) is 11.1 Å². The normalized spacial score (nSPS) is 12.4. The molecule has 0 spiro atoms. The van der Waals surface area contributed by atoms with Gasteiger partial charge < -0.3 is 5.32 Å². The fraction of sp³-hybridized carbons (Fsp3) is 0.286. The van der Waals surface area contributed by atoms with E-state index in [0.717, 1.165) is 11.4 Å². The molecule has 0 aliphatic rings. The van der Waals surface area contributed by atoms with Gasteiger partial charge in [-0.15, -0.1) is 0 Å². The van der Waals surface area contributed by atoms with Crippen LogP contribution in [-0.4, -0.2) is 17.0 Å². The first-order chi connectivity index (χ1) is 8.22. The topological polar surface area (TPSA) is 37.8 Å². The highest BCUT2D eigenvalue weighted by Gasteiger charge is 2.15. The van der Waals surface area contributed by atoms with Crippen molar-refractivity contribution in [2.24, 2.45) is 0 Å². The van der Waals surface area contributed by atoms with Gasteiger partial charge >= 0.3 is 0 Å². The Morgan fingerprint density at radius 1 is 1.06 bits per heavy atom. The van der Waals surface area contributed by atoms with Gasteiger partial charge in [-0.25, -0.2) is 9.97 Å². The maximum Gasteiger partial charge on any atom is 0.149 e. The maximum absolute atomic E-state index is 4.39. The van der Waals surface area contributed by atoms with Crippen LogP contribution in [0.4, 0.5) is 0 Å². The molecule has 3 heteroatoms. The third-order valence-corrected chi connectivity index (χ3v) is 2.85. The SMILES string of the molecule is CNC(c1ncc(C)cn1)c1ccccc1C. The molecule has 1 aromatic heterocycles. The van der Waals surface area contributed by atoms with Crippen molar-refractivity contribution in [3.8, 4) is 0 Å². The summed E-state index contributed by atoms with van der Waals surface area (Å²) >= 11 is 0. The minimum atomic E-state index is 0.0526. The molecule has 0 aliphatic carbocycles. The summed E-state index contributed by atoms with van der Waals surface area (Å²) in [5.41, 5.74) is 3.54. The van der Waals surface area contributed by atoms with Crippen molar-refractivity contribution in [1.82, 2.24) is 15.3 Å². The smallest absolute Gasteiger partial charge is 0.149 e. The highest BCUT2D eigenvalue weighted by atomic mass is 15.0. The maximum atomic E-state index is 4.39. The first kappa shape index (κ1) is 11.7. The lowest BCUT2D eigenvalue weighted by molar-refractivity contribution is 0.642. The van der Waals surface area contributed by atoms with Crippen molar-refractivity contribution >= 4 is 0 Å². The van der Waals surface area contributed by atoms with E-state index in [0.29, 0.717) is 0 Å². The van der Waals surface area contributed by atoms with E-state index < -0.39 is 0 Å². The molecule has 3 nitrogen and oxygen atoms in total. The van der Waals surface area contributed by atoms with Crippen molar-refractivity contribution in [3.63, 3.8) is 0 Å². The molecule has 0 saturated carbocycles. The van der Waals surface area contributed by atoms with Gasteiger partial charge in [0.25, 0.3) is 0 Å². The second kappa shape index (κ2) is 5.06. The number of aryl methyl sites for hydroxylation is 2. The summed E-state index contributed by atoms with van der Waals surface area (Å²) in [5.74, 6) is 0.812. The Morgan fingerprint density at radius 3 is 2.29 bits per heavy atom. The van der Waals surface area contributed by atoms with Crippen LogP contribution in [-0.2, 0) is 0 Å². The highest BCUT2D eigenvalue weighted by Crippen LogP contribution is 2.21. The predicted molar refractivity (Wildman–Crippen MR) is 68.9 cm³/mol. The summed E-state index contributed by atoms with van der Waals surface area (Å²) in [7, 11) is 1.93. The molecule has 1 atom stereocenters. The molecule has 0 amide bonds. The van der Waals surface area contributed by atoms with Gasteiger partial charge in [0.05, 0.1) is 6.04 Å². The average Bonchev–Trinajstić information content (AvgIpc) is 2.35. The molecule has 0 radical (unpaired) electrons. The molecule has 1 N–H and O–H groups in total. The number of hydrogen-bond donors (Lipinski definition) is 1. The number of nitrogens with one attached hydrogen (secondary N) is 1. The van der Waals surface area contributed by atoms with Crippen molar-refractivity contribution in [2.45, 2.75) is 19.9 Å². The summed E-state index contributed by atoms with van der Waals surface area (Å²) in [6.45, 7) is 4.10.